The van der Waals surface area contributed by atoms with Crippen LogP contribution in [-0.4, -0.2) is 31.6 Å². The molecule has 2 aromatic carbocycles. The van der Waals surface area contributed by atoms with Gasteiger partial charge in [-0.1, -0.05) is 31.0 Å². The first-order valence-electron chi connectivity index (χ1n) is 11.8. The van der Waals surface area contributed by atoms with Gasteiger partial charge in [0.25, 0.3) is 0 Å². The van der Waals surface area contributed by atoms with Crippen molar-refractivity contribution in [2.45, 2.75) is 58.4 Å². The Hall–Kier alpha value is -2.86. The summed E-state index contributed by atoms with van der Waals surface area (Å²) in [6.45, 7) is 4.92. The molecule has 1 fully saturated rings. The minimum atomic E-state index is -0.209. The fourth-order valence-corrected chi connectivity index (χ4v) is 4.68. The second-order valence-electron chi connectivity index (χ2n) is 8.71. The highest BCUT2D eigenvalue weighted by atomic mass is 19.1. The Balaban J connectivity index is 1.51. The van der Waals surface area contributed by atoms with Crippen LogP contribution in [0.2, 0.25) is 0 Å². The lowest BCUT2D eigenvalue weighted by Crippen LogP contribution is -2.30. The fraction of sp³-hybridized carbons (Fsp3) is 0.444. The highest BCUT2D eigenvalue weighted by molar-refractivity contribution is 6.05. The molecular weight excluding hydrogens is 421 g/mol. The molecule has 1 aliphatic carbocycles. The minimum absolute atomic E-state index is 0.0782. The van der Waals surface area contributed by atoms with Crippen molar-refractivity contribution in [3.8, 4) is 11.5 Å². The molecular formula is C27H32FNO4. The van der Waals surface area contributed by atoms with Gasteiger partial charge in [0.05, 0.1) is 18.4 Å². The number of nitrogens with one attached hydrogen (secondary N) is 1. The van der Waals surface area contributed by atoms with Crippen molar-refractivity contribution < 1.29 is 23.1 Å². The topological polar surface area (TPSA) is 60.7 Å². The van der Waals surface area contributed by atoms with Crippen LogP contribution in [0, 0.1) is 12.7 Å². The highest BCUT2D eigenvalue weighted by Crippen LogP contribution is 2.43. The van der Waals surface area contributed by atoms with Gasteiger partial charge >= 0.3 is 0 Å². The highest BCUT2D eigenvalue weighted by Gasteiger charge is 2.25. The molecule has 0 radical (unpaired) electrons. The van der Waals surface area contributed by atoms with Crippen molar-refractivity contribution >= 4 is 16.8 Å². The minimum Gasteiger partial charge on any atom is -0.487 e. The number of rotatable bonds is 11. The summed E-state index contributed by atoms with van der Waals surface area (Å²) in [7, 11) is 0. The number of ether oxygens (including phenoxy) is 2. The molecule has 4 rings (SSSR count). The number of hydrogen-bond donors (Lipinski definition) is 1. The Morgan fingerprint density at radius 2 is 1.88 bits per heavy atom. The van der Waals surface area contributed by atoms with Crippen LogP contribution in [0.25, 0.3) is 11.0 Å². The van der Waals surface area contributed by atoms with Crippen molar-refractivity contribution in [3.63, 3.8) is 0 Å². The number of fused-ring (bicyclic) bond motifs is 1. The van der Waals surface area contributed by atoms with Gasteiger partial charge in [0.1, 0.15) is 12.4 Å². The van der Waals surface area contributed by atoms with E-state index < -0.39 is 0 Å². The van der Waals surface area contributed by atoms with Crippen molar-refractivity contribution in [1.29, 1.82) is 0 Å². The maximum absolute atomic E-state index is 13.9. The van der Waals surface area contributed by atoms with E-state index in [9.17, 15) is 9.18 Å². The Bertz CT molecular complexity index is 1100. The molecule has 33 heavy (non-hydrogen) atoms. The first-order chi connectivity index (χ1) is 16.1. The van der Waals surface area contributed by atoms with Gasteiger partial charge in [-0.05, 0) is 62.8 Å². The zero-order valence-electron chi connectivity index (χ0n) is 19.4. The Morgan fingerprint density at radius 3 is 2.64 bits per heavy atom. The maximum Gasteiger partial charge on any atom is 0.205 e. The number of halogens is 1. The zero-order chi connectivity index (χ0) is 23.2. The quantitative estimate of drug-likeness (QED) is 0.285. The molecule has 0 atom stereocenters. The molecule has 5 nitrogen and oxygen atoms in total. The molecule has 1 N–H and O–H groups in total. The maximum atomic E-state index is 13.9. The van der Waals surface area contributed by atoms with E-state index in [2.05, 4.69) is 5.32 Å². The Kier molecular flexibility index (Phi) is 7.65. The lowest BCUT2D eigenvalue weighted by Gasteiger charge is -2.19. The molecule has 176 valence electrons. The van der Waals surface area contributed by atoms with Crippen LogP contribution >= 0.6 is 0 Å². The summed E-state index contributed by atoms with van der Waals surface area (Å²) in [6.07, 6.45) is 7.72. The van der Waals surface area contributed by atoms with Gasteiger partial charge in [0.2, 0.25) is 5.75 Å². The molecule has 6 heteroatoms. The van der Waals surface area contributed by atoms with E-state index in [0.29, 0.717) is 66.9 Å². The fourth-order valence-electron chi connectivity index (χ4n) is 4.68. The first kappa shape index (κ1) is 23.3. The number of hydrogen-bond acceptors (Lipinski definition) is 5. The Morgan fingerprint density at radius 1 is 1.12 bits per heavy atom. The lowest BCUT2D eigenvalue weighted by molar-refractivity contribution is 0.101. The van der Waals surface area contributed by atoms with E-state index in [1.54, 1.807) is 25.3 Å². The molecule has 1 aliphatic rings. The monoisotopic (exact) mass is 453 g/mol. The number of carbonyl (C=O) groups excluding carboxylic acids is 1. The summed E-state index contributed by atoms with van der Waals surface area (Å²) in [4.78, 5) is 12.6. The number of carbonyl (C=O) groups is 1. The first-order valence-corrected chi connectivity index (χ1v) is 11.8. The van der Waals surface area contributed by atoms with Gasteiger partial charge in [0, 0.05) is 18.0 Å². The van der Waals surface area contributed by atoms with E-state index in [0.717, 1.165) is 10.9 Å². The molecule has 0 aliphatic heterocycles. The molecule has 0 amide bonds. The molecule has 0 bridgehead atoms. The average molecular weight is 454 g/mol. The molecule has 1 heterocycles. The largest absolute Gasteiger partial charge is 0.487 e. The molecule has 1 aromatic heterocycles. The van der Waals surface area contributed by atoms with Crippen LogP contribution in [0.5, 0.6) is 11.5 Å². The van der Waals surface area contributed by atoms with Crippen molar-refractivity contribution in [3.05, 3.63) is 59.1 Å². The molecule has 0 spiro atoms. The smallest absolute Gasteiger partial charge is 0.205 e. The van der Waals surface area contributed by atoms with E-state index in [-0.39, 0.29) is 11.6 Å². The second-order valence-corrected chi connectivity index (χ2v) is 8.71. The van der Waals surface area contributed by atoms with Crippen molar-refractivity contribution in [2.75, 3.05) is 19.8 Å². The standard InChI is InChI=1S/C27H32FNO4/c1-18-22-13-16-32-25(22)27(31-15-7-9-20-8-3-6-12-23(20)28)26(24(18)19(2)30)33-17-14-29-21-10-4-5-11-21/h3,6,8,12-13,16,21,29H,4-5,7,9-11,14-15,17H2,1-2H3. The van der Waals surface area contributed by atoms with E-state index >= 15 is 0 Å². The SMILES string of the molecule is CC(=O)c1c(OCCNC2CCCC2)c(OCCCc2ccccc2F)c2occc2c1C. The summed E-state index contributed by atoms with van der Waals surface area (Å²) >= 11 is 0. The van der Waals surface area contributed by atoms with Crippen LogP contribution in [0.4, 0.5) is 4.39 Å². The zero-order valence-corrected chi connectivity index (χ0v) is 19.4. The van der Waals surface area contributed by atoms with Crippen LogP contribution in [0.1, 0.15) is 60.5 Å². The third kappa shape index (κ3) is 5.38. The van der Waals surface area contributed by atoms with E-state index in [1.807, 2.05) is 19.1 Å². The predicted molar refractivity (Wildman–Crippen MR) is 127 cm³/mol. The molecule has 3 aromatic rings. The van der Waals surface area contributed by atoms with Crippen LogP contribution in [0.3, 0.4) is 0 Å². The molecule has 0 unspecified atom stereocenters. The summed E-state index contributed by atoms with van der Waals surface area (Å²) in [6, 6.07) is 9.15. The number of benzene rings is 2. The number of ketones is 1. The van der Waals surface area contributed by atoms with Gasteiger partial charge in [-0.15, -0.1) is 0 Å². The second kappa shape index (κ2) is 10.8. The van der Waals surface area contributed by atoms with Gasteiger partial charge in [-0.2, -0.15) is 0 Å². The van der Waals surface area contributed by atoms with Gasteiger partial charge in [-0.25, -0.2) is 4.39 Å². The predicted octanol–water partition coefficient (Wildman–Crippen LogP) is 6.01. The molecule has 0 saturated heterocycles. The summed E-state index contributed by atoms with van der Waals surface area (Å²) < 4.78 is 31.9. The van der Waals surface area contributed by atoms with Crippen molar-refractivity contribution in [2.24, 2.45) is 0 Å². The Labute approximate surface area is 194 Å². The van der Waals surface area contributed by atoms with E-state index in [1.165, 1.54) is 31.7 Å². The van der Waals surface area contributed by atoms with Gasteiger partial charge < -0.3 is 19.2 Å². The van der Waals surface area contributed by atoms with E-state index in [4.69, 9.17) is 13.9 Å². The van der Waals surface area contributed by atoms with Crippen LogP contribution in [0.15, 0.2) is 41.0 Å². The van der Waals surface area contributed by atoms with Gasteiger partial charge in [0.15, 0.2) is 17.1 Å². The third-order valence-corrected chi connectivity index (χ3v) is 6.37. The summed E-state index contributed by atoms with van der Waals surface area (Å²) in [5.74, 6) is 0.589. The summed E-state index contributed by atoms with van der Waals surface area (Å²) in [5.41, 5.74) is 2.58. The van der Waals surface area contributed by atoms with Crippen molar-refractivity contribution in [1.82, 2.24) is 5.32 Å². The average Bonchev–Trinajstić information content (AvgIpc) is 3.49. The van der Waals surface area contributed by atoms with Crippen LogP contribution < -0.4 is 14.8 Å². The third-order valence-electron chi connectivity index (χ3n) is 6.37. The molecule has 1 saturated carbocycles. The number of aryl methyl sites for hydroxylation is 2. The lowest BCUT2D eigenvalue weighted by atomic mass is 9.99. The van der Waals surface area contributed by atoms with Crippen LogP contribution in [-0.2, 0) is 6.42 Å². The number of furan rings is 1. The summed E-state index contributed by atoms with van der Waals surface area (Å²) in [5, 5.41) is 4.37. The normalized spacial score (nSPS) is 14.2. The number of Topliss-reactive ketones (excluding diaryl/α,β-unsaturated/α-hetero) is 1. The van der Waals surface area contributed by atoms with Gasteiger partial charge in [-0.3, -0.25) is 4.79 Å².